The summed E-state index contributed by atoms with van der Waals surface area (Å²) in [6, 6.07) is 7.26. The lowest BCUT2D eigenvalue weighted by atomic mass is 9.94. The normalized spacial score (nSPS) is 14.5. The molecule has 0 saturated carbocycles. The molecule has 5 N–H and O–H groups in total. The van der Waals surface area contributed by atoms with E-state index in [9.17, 15) is 14.4 Å². The number of nitrogens with two attached hydrogens (primary N) is 2. The maximum atomic E-state index is 12.4. The summed E-state index contributed by atoms with van der Waals surface area (Å²) < 4.78 is 0. The van der Waals surface area contributed by atoms with Crippen molar-refractivity contribution in [1.29, 1.82) is 0 Å². The van der Waals surface area contributed by atoms with E-state index >= 15 is 0 Å². The van der Waals surface area contributed by atoms with Gasteiger partial charge in [0.25, 0.3) is 0 Å². The first-order chi connectivity index (χ1) is 11.3. The van der Waals surface area contributed by atoms with Crippen LogP contribution in [0.3, 0.4) is 0 Å². The Morgan fingerprint density at radius 2 is 1.58 bits per heavy atom. The molecule has 0 aliphatic carbocycles. The molecule has 0 saturated heterocycles. The highest BCUT2D eigenvalue weighted by Crippen LogP contribution is 2.18. The molecule has 0 heterocycles. The maximum Gasteiger partial charge on any atom is 0.217 e. The van der Waals surface area contributed by atoms with Gasteiger partial charge >= 0.3 is 0 Å². The van der Waals surface area contributed by atoms with E-state index in [1.807, 2.05) is 37.3 Å². The Balaban J connectivity index is 2.70. The van der Waals surface area contributed by atoms with Gasteiger partial charge in [-0.05, 0) is 12.0 Å². The number of Topliss-reactive ketones (excluding diaryl/α,β-unsaturated/α-hetero) is 2. The lowest BCUT2D eigenvalue weighted by Gasteiger charge is -2.20. The second-order valence-electron chi connectivity index (χ2n) is 6.01. The fourth-order valence-electron chi connectivity index (χ4n) is 2.49. The summed E-state index contributed by atoms with van der Waals surface area (Å²) in [6.07, 6.45) is 1.36. The largest absolute Gasteiger partial charge is 0.349 e. The van der Waals surface area contributed by atoms with Gasteiger partial charge in [0.2, 0.25) is 5.91 Å². The third-order valence-electron chi connectivity index (χ3n) is 3.83. The van der Waals surface area contributed by atoms with E-state index in [2.05, 4.69) is 5.32 Å². The highest BCUT2D eigenvalue weighted by Gasteiger charge is 2.24. The van der Waals surface area contributed by atoms with Crippen molar-refractivity contribution < 1.29 is 14.4 Å². The van der Waals surface area contributed by atoms with Crippen molar-refractivity contribution in [2.75, 3.05) is 0 Å². The molecular formula is C18H27N3O3. The fraction of sp³-hybridized carbons (Fsp3) is 0.500. The summed E-state index contributed by atoms with van der Waals surface area (Å²) in [5.41, 5.74) is 12.5. The van der Waals surface area contributed by atoms with Crippen LogP contribution >= 0.6 is 0 Å². The zero-order chi connectivity index (χ0) is 18.1. The van der Waals surface area contributed by atoms with Crippen LogP contribution in [0, 0.1) is 0 Å². The number of carbonyl (C=O) groups excluding carboxylic acids is 3. The predicted octanol–water partition coefficient (Wildman–Crippen LogP) is 1.24. The third kappa shape index (κ3) is 6.60. The van der Waals surface area contributed by atoms with Crippen LogP contribution in [0.5, 0.6) is 0 Å². The first-order valence-corrected chi connectivity index (χ1v) is 8.23. The molecule has 0 aliphatic rings. The second-order valence-corrected chi connectivity index (χ2v) is 6.01. The molecule has 3 unspecified atom stereocenters. The van der Waals surface area contributed by atoms with Gasteiger partial charge in [0.15, 0.2) is 11.6 Å². The molecule has 0 aliphatic heterocycles. The Bertz CT molecular complexity index is 560. The van der Waals surface area contributed by atoms with E-state index in [0.717, 1.165) is 12.0 Å². The van der Waals surface area contributed by atoms with Crippen LogP contribution in [-0.2, 0) is 14.4 Å². The molecule has 1 rings (SSSR count). The van der Waals surface area contributed by atoms with E-state index < -0.39 is 18.1 Å². The van der Waals surface area contributed by atoms with Gasteiger partial charge < -0.3 is 16.8 Å². The molecule has 6 nitrogen and oxygen atoms in total. The van der Waals surface area contributed by atoms with E-state index in [1.54, 1.807) is 0 Å². The highest BCUT2D eigenvalue weighted by molar-refractivity contribution is 5.92. The van der Waals surface area contributed by atoms with Crippen molar-refractivity contribution in [2.45, 2.75) is 57.7 Å². The molecule has 6 heteroatoms. The molecule has 0 spiro atoms. The first kappa shape index (κ1) is 20.0. The number of hydrogen-bond donors (Lipinski definition) is 3. The first-order valence-electron chi connectivity index (χ1n) is 8.23. The minimum Gasteiger partial charge on any atom is -0.349 e. The Morgan fingerprint density at radius 1 is 1.00 bits per heavy atom. The van der Waals surface area contributed by atoms with Crippen molar-refractivity contribution in [2.24, 2.45) is 11.5 Å². The number of benzene rings is 1. The summed E-state index contributed by atoms with van der Waals surface area (Å²) in [7, 11) is 0. The molecule has 0 fully saturated rings. The fourth-order valence-corrected chi connectivity index (χ4v) is 2.49. The second kappa shape index (κ2) is 9.95. The van der Waals surface area contributed by atoms with Gasteiger partial charge in [0, 0.05) is 19.8 Å². The molecule has 1 amide bonds. The van der Waals surface area contributed by atoms with Crippen LogP contribution in [0.25, 0.3) is 0 Å². The molecule has 24 heavy (non-hydrogen) atoms. The minimum absolute atomic E-state index is 0.0427. The standard InChI is InChI=1S/C18H27N3O3/c1-3-7-14(19)17(23)10-15(20)18(24)11-16(21-12(2)22)13-8-5-4-6-9-13/h4-6,8-9,14-16H,3,7,10-11,19-20H2,1-2H3,(H,21,22). The van der Waals surface area contributed by atoms with Gasteiger partial charge in [-0.1, -0.05) is 43.7 Å². The van der Waals surface area contributed by atoms with Gasteiger partial charge in [0.1, 0.15) is 0 Å². The van der Waals surface area contributed by atoms with E-state index in [0.29, 0.717) is 6.42 Å². The molecule has 0 bridgehead atoms. The summed E-state index contributed by atoms with van der Waals surface area (Å²) in [5.74, 6) is -0.700. The van der Waals surface area contributed by atoms with Gasteiger partial charge in [-0.2, -0.15) is 0 Å². The number of nitrogens with one attached hydrogen (secondary N) is 1. The quantitative estimate of drug-likeness (QED) is 0.596. The molecule has 3 atom stereocenters. The summed E-state index contributed by atoms with van der Waals surface area (Å²) in [6.45, 7) is 3.34. The molecular weight excluding hydrogens is 306 g/mol. The molecule has 132 valence electrons. The lowest BCUT2D eigenvalue weighted by molar-refractivity contribution is -0.127. The predicted molar refractivity (Wildman–Crippen MR) is 93.1 cm³/mol. The van der Waals surface area contributed by atoms with E-state index in [4.69, 9.17) is 11.5 Å². The average molecular weight is 333 g/mol. The van der Waals surface area contributed by atoms with Crippen LogP contribution in [-0.4, -0.2) is 29.6 Å². The van der Waals surface area contributed by atoms with Crippen molar-refractivity contribution in [3.05, 3.63) is 35.9 Å². The SMILES string of the molecule is CCCC(N)C(=O)CC(N)C(=O)CC(NC(C)=O)c1ccccc1. The topological polar surface area (TPSA) is 115 Å². The zero-order valence-electron chi connectivity index (χ0n) is 14.3. The molecule has 0 radical (unpaired) electrons. The molecule has 0 aromatic heterocycles. The summed E-state index contributed by atoms with van der Waals surface area (Å²) in [4.78, 5) is 35.7. The maximum absolute atomic E-state index is 12.4. The van der Waals surface area contributed by atoms with Crippen LogP contribution in [0.2, 0.25) is 0 Å². The molecule has 1 aromatic carbocycles. The minimum atomic E-state index is -0.902. The number of rotatable bonds is 10. The average Bonchev–Trinajstić information content (AvgIpc) is 2.54. The van der Waals surface area contributed by atoms with Crippen LogP contribution < -0.4 is 16.8 Å². The Hall–Kier alpha value is -2.05. The van der Waals surface area contributed by atoms with Crippen LogP contribution in [0.1, 0.15) is 51.1 Å². The van der Waals surface area contributed by atoms with Gasteiger partial charge in [-0.15, -0.1) is 0 Å². The Morgan fingerprint density at radius 3 is 2.12 bits per heavy atom. The van der Waals surface area contributed by atoms with Gasteiger partial charge in [-0.25, -0.2) is 0 Å². The van der Waals surface area contributed by atoms with Gasteiger partial charge in [-0.3, -0.25) is 14.4 Å². The number of hydrogen-bond acceptors (Lipinski definition) is 5. The highest BCUT2D eigenvalue weighted by atomic mass is 16.2. The zero-order valence-corrected chi connectivity index (χ0v) is 14.3. The lowest BCUT2D eigenvalue weighted by Crippen LogP contribution is -2.40. The van der Waals surface area contributed by atoms with E-state index in [1.165, 1.54) is 6.92 Å². The Labute approximate surface area is 143 Å². The monoisotopic (exact) mass is 333 g/mol. The summed E-state index contributed by atoms with van der Waals surface area (Å²) in [5, 5.41) is 2.75. The van der Waals surface area contributed by atoms with Crippen molar-refractivity contribution in [3.63, 3.8) is 0 Å². The smallest absolute Gasteiger partial charge is 0.217 e. The van der Waals surface area contributed by atoms with Crippen molar-refractivity contribution in [1.82, 2.24) is 5.32 Å². The van der Waals surface area contributed by atoms with E-state index in [-0.39, 0.29) is 30.3 Å². The number of carbonyl (C=O) groups is 3. The number of amides is 1. The Kier molecular flexibility index (Phi) is 8.29. The van der Waals surface area contributed by atoms with Crippen molar-refractivity contribution >= 4 is 17.5 Å². The number of ketones is 2. The molecule has 1 aromatic rings. The van der Waals surface area contributed by atoms with Gasteiger partial charge in [0.05, 0.1) is 18.1 Å². The van der Waals surface area contributed by atoms with Crippen LogP contribution in [0.4, 0.5) is 0 Å². The van der Waals surface area contributed by atoms with Crippen LogP contribution in [0.15, 0.2) is 30.3 Å². The van der Waals surface area contributed by atoms with Crippen molar-refractivity contribution in [3.8, 4) is 0 Å². The third-order valence-corrected chi connectivity index (χ3v) is 3.83. The summed E-state index contributed by atoms with van der Waals surface area (Å²) >= 11 is 0.